The van der Waals surface area contributed by atoms with Gasteiger partial charge in [-0.2, -0.15) is 0 Å². The fourth-order valence-corrected chi connectivity index (χ4v) is 2.05. The average Bonchev–Trinajstić information content (AvgIpc) is 2.97. The van der Waals surface area contributed by atoms with Gasteiger partial charge in [-0.05, 0) is 30.5 Å². The molecule has 1 aliphatic carbocycles. The molecule has 0 saturated heterocycles. The van der Waals surface area contributed by atoms with Crippen molar-refractivity contribution in [2.24, 2.45) is 4.99 Å². The molecule has 5 heteroatoms. The molecule has 1 aromatic carbocycles. The molecule has 0 spiro atoms. The van der Waals surface area contributed by atoms with Gasteiger partial charge < -0.3 is 15.4 Å². The van der Waals surface area contributed by atoms with E-state index in [1.807, 2.05) is 12.1 Å². The van der Waals surface area contributed by atoms with Crippen molar-refractivity contribution >= 4 is 29.9 Å². The molecular formula is C15H22IN3O. The van der Waals surface area contributed by atoms with E-state index < -0.39 is 0 Å². The number of ether oxygens (including phenoxy) is 1. The Labute approximate surface area is 137 Å². The molecule has 2 N–H and O–H groups in total. The van der Waals surface area contributed by atoms with Crippen LogP contribution in [0, 0.1) is 0 Å². The third-order valence-corrected chi connectivity index (χ3v) is 3.19. The highest BCUT2D eigenvalue weighted by atomic mass is 127. The van der Waals surface area contributed by atoms with Gasteiger partial charge in [0.2, 0.25) is 0 Å². The monoisotopic (exact) mass is 387 g/mol. The van der Waals surface area contributed by atoms with Gasteiger partial charge in [0.25, 0.3) is 0 Å². The molecule has 0 atom stereocenters. The lowest BCUT2D eigenvalue weighted by Gasteiger charge is -2.17. The highest BCUT2D eigenvalue weighted by molar-refractivity contribution is 14.0. The first-order chi connectivity index (χ1) is 9.31. The van der Waals surface area contributed by atoms with Gasteiger partial charge in [0.1, 0.15) is 5.75 Å². The van der Waals surface area contributed by atoms with Crippen molar-refractivity contribution in [1.29, 1.82) is 0 Å². The van der Waals surface area contributed by atoms with Crippen LogP contribution in [-0.4, -0.2) is 26.2 Å². The number of rotatable bonds is 4. The highest BCUT2D eigenvalue weighted by Crippen LogP contribution is 2.11. The predicted octanol–water partition coefficient (Wildman–Crippen LogP) is 2.70. The average molecular weight is 387 g/mol. The number of hydrogen-bond acceptors (Lipinski definition) is 2. The first-order valence-corrected chi connectivity index (χ1v) is 6.57. The number of aliphatic imine (C=N–C) groups is 1. The first kappa shape index (κ1) is 16.8. The van der Waals surface area contributed by atoms with Gasteiger partial charge in [-0.3, -0.25) is 4.99 Å². The summed E-state index contributed by atoms with van der Waals surface area (Å²) >= 11 is 0. The van der Waals surface area contributed by atoms with Gasteiger partial charge in [0.15, 0.2) is 5.96 Å². The number of nitrogens with zero attached hydrogens (tertiary/aromatic N) is 1. The van der Waals surface area contributed by atoms with Crippen molar-refractivity contribution in [2.45, 2.75) is 25.4 Å². The number of hydrogen-bond donors (Lipinski definition) is 2. The van der Waals surface area contributed by atoms with Gasteiger partial charge in [-0.15, -0.1) is 24.0 Å². The molecular weight excluding hydrogens is 365 g/mol. The molecule has 0 unspecified atom stereocenters. The van der Waals surface area contributed by atoms with E-state index in [0.717, 1.165) is 31.1 Å². The van der Waals surface area contributed by atoms with Crippen LogP contribution in [0.25, 0.3) is 0 Å². The lowest BCUT2D eigenvalue weighted by molar-refractivity contribution is 0.414. The molecule has 0 saturated carbocycles. The largest absolute Gasteiger partial charge is 0.497 e. The normalized spacial score (nSPS) is 14.8. The van der Waals surface area contributed by atoms with Crippen LogP contribution in [0.4, 0.5) is 0 Å². The van der Waals surface area contributed by atoms with E-state index in [1.165, 1.54) is 5.56 Å². The van der Waals surface area contributed by atoms with Crippen molar-refractivity contribution in [3.63, 3.8) is 0 Å². The zero-order valence-electron chi connectivity index (χ0n) is 11.9. The summed E-state index contributed by atoms with van der Waals surface area (Å²) in [4.78, 5) is 4.24. The van der Waals surface area contributed by atoms with Crippen LogP contribution in [0.5, 0.6) is 5.75 Å². The Morgan fingerprint density at radius 1 is 1.25 bits per heavy atom. The van der Waals surface area contributed by atoms with Gasteiger partial charge in [0, 0.05) is 19.6 Å². The van der Waals surface area contributed by atoms with Crippen molar-refractivity contribution in [3.8, 4) is 5.75 Å². The zero-order valence-corrected chi connectivity index (χ0v) is 14.3. The van der Waals surface area contributed by atoms with Crippen LogP contribution >= 0.6 is 24.0 Å². The summed E-state index contributed by atoms with van der Waals surface area (Å²) in [7, 11) is 3.47. The molecule has 1 aromatic rings. The third-order valence-electron chi connectivity index (χ3n) is 3.19. The molecule has 1 aliphatic rings. The van der Waals surface area contributed by atoms with E-state index in [0.29, 0.717) is 6.04 Å². The number of halogens is 1. The topological polar surface area (TPSA) is 45.7 Å². The minimum Gasteiger partial charge on any atom is -0.497 e. The summed E-state index contributed by atoms with van der Waals surface area (Å²) in [5, 5.41) is 6.73. The van der Waals surface area contributed by atoms with E-state index in [-0.39, 0.29) is 24.0 Å². The third kappa shape index (κ3) is 5.03. The second-order valence-electron chi connectivity index (χ2n) is 4.56. The summed E-state index contributed by atoms with van der Waals surface area (Å²) in [5.74, 6) is 1.73. The Hall–Kier alpha value is -1.24. The lowest BCUT2D eigenvalue weighted by atomic mass is 10.2. The van der Waals surface area contributed by atoms with Crippen molar-refractivity contribution < 1.29 is 4.74 Å². The fourth-order valence-electron chi connectivity index (χ4n) is 2.05. The molecule has 20 heavy (non-hydrogen) atoms. The smallest absolute Gasteiger partial charge is 0.191 e. The molecule has 2 rings (SSSR count). The first-order valence-electron chi connectivity index (χ1n) is 6.57. The van der Waals surface area contributed by atoms with Crippen LogP contribution in [0.1, 0.15) is 18.4 Å². The number of benzene rings is 1. The predicted molar refractivity (Wildman–Crippen MR) is 93.9 cm³/mol. The van der Waals surface area contributed by atoms with Gasteiger partial charge in [0.05, 0.1) is 7.11 Å². The Bertz CT molecular complexity index is 449. The minimum atomic E-state index is 0. The molecule has 0 amide bonds. The Morgan fingerprint density at radius 3 is 2.45 bits per heavy atom. The molecule has 0 aliphatic heterocycles. The van der Waals surface area contributed by atoms with E-state index >= 15 is 0 Å². The second-order valence-corrected chi connectivity index (χ2v) is 4.56. The second kappa shape index (κ2) is 8.84. The molecule has 4 nitrogen and oxygen atoms in total. The van der Waals surface area contributed by atoms with Crippen LogP contribution in [0.15, 0.2) is 41.4 Å². The van der Waals surface area contributed by atoms with Crippen LogP contribution in [0.2, 0.25) is 0 Å². The fraction of sp³-hybridized carbons (Fsp3) is 0.400. The maximum atomic E-state index is 5.14. The number of methoxy groups -OCH3 is 1. The highest BCUT2D eigenvalue weighted by Gasteiger charge is 2.11. The summed E-state index contributed by atoms with van der Waals surface area (Å²) in [6, 6.07) is 8.51. The van der Waals surface area contributed by atoms with E-state index in [4.69, 9.17) is 4.74 Å². The van der Waals surface area contributed by atoms with Gasteiger partial charge in [-0.25, -0.2) is 0 Å². The SMILES string of the molecule is CN=C(NCc1ccc(OC)cc1)NC1CC=CC1.I. The summed E-state index contributed by atoms with van der Waals surface area (Å²) < 4.78 is 5.14. The Balaban J connectivity index is 0.00000200. The summed E-state index contributed by atoms with van der Waals surface area (Å²) in [6.45, 7) is 0.754. The standard InChI is InChI=1S/C15H21N3O.HI/c1-16-15(18-13-5-3-4-6-13)17-11-12-7-9-14(19-2)10-8-12;/h3-4,7-10,13H,5-6,11H2,1-2H3,(H2,16,17,18);1H. The van der Waals surface area contributed by atoms with Crippen LogP contribution in [-0.2, 0) is 6.54 Å². The maximum Gasteiger partial charge on any atom is 0.191 e. The summed E-state index contributed by atoms with van der Waals surface area (Å²) in [5.41, 5.74) is 1.20. The lowest BCUT2D eigenvalue weighted by Crippen LogP contribution is -2.42. The van der Waals surface area contributed by atoms with E-state index in [9.17, 15) is 0 Å². The molecule has 0 fully saturated rings. The molecule has 0 radical (unpaired) electrons. The zero-order chi connectivity index (χ0) is 13.5. The van der Waals surface area contributed by atoms with Gasteiger partial charge >= 0.3 is 0 Å². The van der Waals surface area contributed by atoms with Crippen molar-refractivity contribution in [1.82, 2.24) is 10.6 Å². The quantitative estimate of drug-likeness (QED) is 0.362. The Morgan fingerprint density at radius 2 is 1.90 bits per heavy atom. The van der Waals surface area contributed by atoms with Gasteiger partial charge in [-0.1, -0.05) is 24.3 Å². The number of nitrogens with one attached hydrogen (secondary N) is 2. The molecule has 0 heterocycles. The van der Waals surface area contributed by atoms with Crippen molar-refractivity contribution in [2.75, 3.05) is 14.2 Å². The van der Waals surface area contributed by atoms with E-state index in [1.54, 1.807) is 14.2 Å². The molecule has 0 bridgehead atoms. The van der Waals surface area contributed by atoms with Crippen LogP contribution in [0.3, 0.4) is 0 Å². The summed E-state index contributed by atoms with van der Waals surface area (Å²) in [6.07, 6.45) is 6.55. The minimum absolute atomic E-state index is 0. The molecule has 110 valence electrons. The van der Waals surface area contributed by atoms with Crippen LogP contribution < -0.4 is 15.4 Å². The van der Waals surface area contributed by atoms with Crippen molar-refractivity contribution in [3.05, 3.63) is 42.0 Å². The maximum absolute atomic E-state index is 5.14. The van der Waals surface area contributed by atoms with E-state index in [2.05, 4.69) is 39.9 Å². The Kier molecular flexibility index (Phi) is 7.43. The number of guanidine groups is 1. The molecule has 0 aromatic heterocycles.